The second-order valence-corrected chi connectivity index (χ2v) is 6.60. The summed E-state index contributed by atoms with van der Waals surface area (Å²) >= 11 is 1.84. The number of aryl methyl sites for hydroxylation is 1. The molecule has 1 aliphatic rings. The molecule has 0 bridgehead atoms. The smallest absolute Gasteiger partial charge is 0.0388 e. The molecular weight excluding hydrogens is 250 g/mol. The van der Waals surface area contributed by atoms with Crippen molar-refractivity contribution in [1.82, 2.24) is 5.32 Å². The van der Waals surface area contributed by atoms with Gasteiger partial charge >= 0.3 is 0 Å². The van der Waals surface area contributed by atoms with Gasteiger partial charge in [-0.2, -0.15) is 0 Å². The summed E-state index contributed by atoms with van der Waals surface area (Å²) in [4.78, 5) is 1.44. The Morgan fingerprint density at radius 1 is 1.16 bits per heavy atom. The van der Waals surface area contributed by atoms with Gasteiger partial charge < -0.3 is 5.32 Å². The Bertz CT molecular complexity index is 526. The molecule has 2 heteroatoms. The van der Waals surface area contributed by atoms with Crippen LogP contribution in [0.15, 0.2) is 41.8 Å². The molecule has 19 heavy (non-hydrogen) atoms. The van der Waals surface area contributed by atoms with Crippen molar-refractivity contribution >= 4 is 11.3 Å². The van der Waals surface area contributed by atoms with Gasteiger partial charge in [0.2, 0.25) is 0 Å². The summed E-state index contributed by atoms with van der Waals surface area (Å²) in [5.41, 5.74) is 2.99. The van der Waals surface area contributed by atoms with E-state index in [1.807, 2.05) is 11.3 Å². The van der Waals surface area contributed by atoms with Crippen LogP contribution in [0.1, 0.15) is 47.7 Å². The van der Waals surface area contributed by atoms with Crippen LogP contribution < -0.4 is 5.32 Å². The molecule has 1 nitrogen and oxygen atoms in total. The van der Waals surface area contributed by atoms with Gasteiger partial charge in [-0.25, -0.2) is 0 Å². The van der Waals surface area contributed by atoms with Crippen LogP contribution in [0.2, 0.25) is 0 Å². The van der Waals surface area contributed by atoms with E-state index in [1.165, 1.54) is 23.3 Å². The van der Waals surface area contributed by atoms with Crippen molar-refractivity contribution in [1.29, 1.82) is 0 Å². The maximum absolute atomic E-state index is 3.75. The average Bonchev–Trinajstić information content (AvgIpc) is 2.88. The van der Waals surface area contributed by atoms with Gasteiger partial charge in [-0.3, -0.25) is 0 Å². The Labute approximate surface area is 119 Å². The molecule has 100 valence electrons. The van der Waals surface area contributed by atoms with E-state index < -0.39 is 0 Å². The molecule has 0 unspecified atom stereocenters. The van der Waals surface area contributed by atoms with E-state index in [4.69, 9.17) is 0 Å². The van der Waals surface area contributed by atoms with Crippen molar-refractivity contribution in [3.05, 3.63) is 57.8 Å². The van der Waals surface area contributed by atoms with E-state index in [9.17, 15) is 0 Å². The van der Waals surface area contributed by atoms with Crippen LogP contribution in [0, 0.1) is 6.92 Å². The summed E-state index contributed by atoms with van der Waals surface area (Å²) in [6.07, 6.45) is 2.56. The molecule has 1 saturated carbocycles. The first-order chi connectivity index (χ1) is 9.24. The van der Waals surface area contributed by atoms with Gasteiger partial charge in [-0.05, 0) is 55.2 Å². The summed E-state index contributed by atoms with van der Waals surface area (Å²) in [6, 6.07) is 14.3. The van der Waals surface area contributed by atoms with Gasteiger partial charge in [-0.1, -0.05) is 30.3 Å². The molecule has 0 radical (unpaired) electrons. The molecule has 1 aromatic carbocycles. The Kier molecular flexibility index (Phi) is 3.72. The zero-order valence-electron chi connectivity index (χ0n) is 11.6. The zero-order valence-corrected chi connectivity index (χ0v) is 12.4. The molecule has 2 aromatic rings. The fourth-order valence-corrected chi connectivity index (χ4v) is 3.77. The van der Waals surface area contributed by atoms with Crippen molar-refractivity contribution in [2.24, 2.45) is 0 Å². The number of nitrogens with one attached hydrogen (secondary N) is 1. The van der Waals surface area contributed by atoms with Gasteiger partial charge in [0.05, 0.1) is 0 Å². The Morgan fingerprint density at radius 3 is 2.63 bits per heavy atom. The van der Waals surface area contributed by atoms with Crippen LogP contribution in [0.3, 0.4) is 0 Å². The molecule has 1 atom stereocenters. The standard InChI is InChI=1S/C17H21NS/c1-12-6-3-4-7-16(12)14-10-15(11-14)18-13(2)17-8-5-9-19-17/h3-9,13-15,18H,10-11H2,1-2H3/t13-,14?,15?/m0/s1. The van der Waals surface area contributed by atoms with Gasteiger partial charge in [0.1, 0.15) is 0 Å². The summed E-state index contributed by atoms with van der Waals surface area (Å²) in [5.74, 6) is 0.759. The monoisotopic (exact) mass is 271 g/mol. The lowest BCUT2D eigenvalue weighted by atomic mass is 9.74. The normalized spacial score (nSPS) is 23.9. The molecule has 1 aliphatic carbocycles. The summed E-state index contributed by atoms with van der Waals surface area (Å²) in [5, 5.41) is 5.91. The Morgan fingerprint density at radius 2 is 1.95 bits per heavy atom. The minimum absolute atomic E-state index is 0.489. The minimum atomic E-state index is 0.489. The predicted octanol–water partition coefficient (Wildman–Crippen LogP) is 4.65. The lowest BCUT2D eigenvalue weighted by molar-refractivity contribution is 0.271. The molecule has 0 saturated heterocycles. The van der Waals surface area contributed by atoms with E-state index in [1.54, 1.807) is 5.56 Å². The maximum Gasteiger partial charge on any atom is 0.0388 e. The van der Waals surface area contributed by atoms with E-state index in [0.717, 1.165) is 5.92 Å². The van der Waals surface area contributed by atoms with Gasteiger partial charge in [0.25, 0.3) is 0 Å². The first-order valence-corrected chi connectivity index (χ1v) is 7.97. The van der Waals surface area contributed by atoms with Crippen molar-refractivity contribution in [3.63, 3.8) is 0 Å². The average molecular weight is 271 g/mol. The lowest BCUT2D eigenvalue weighted by Gasteiger charge is -2.38. The fourth-order valence-electron chi connectivity index (χ4n) is 3.03. The molecule has 1 N–H and O–H groups in total. The third-order valence-corrected chi connectivity index (χ3v) is 5.28. The summed E-state index contributed by atoms with van der Waals surface area (Å²) in [7, 11) is 0. The molecule has 3 rings (SSSR count). The van der Waals surface area contributed by atoms with Gasteiger partial charge in [0.15, 0.2) is 0 Å². The van der Waals surface area contributed by atoms with Crippen LogP contribution in [-0.2, 0) is 0 Å². The second-order valence-electron chi connectivity index (χ2n) is 5.63. The molecule has 1 heterocycles. The van der Waals surface area contributed by atoms with Crippen LogP contribution in [0.4, 0.5) is 0 Å². The molecular formula is C17H21NS. The molecule has 1 fully saturated rings. The van der Waals surface area contributed by atoms with E-state index in [-0.39, 0.29) is 0 Å². The van der Waals surface area contributed by atoms with Crippen molar-refractivity contribution in [2.75, 3.05) is 0 Å². The Balaban J connectivity index is 1.55. The lowest BCUT2D eigenvalue weighted by Crippen LogP contribution is -2.41. The third-order valence-electron chi connectivity index (χ3n) is 4.22. The highest BCUT2D eigenvalue weighted by Gasteiger charge is 2.31. The van der Waals surface area contributed by atoms with Crippen molar-refractivity contribution in [3.8, 4) is 0 Å². The SMILES string of the molecule is Cc1ccccc1C1CC(N[C@@H](C)c2cccs2)C1. The van der Waals surface area contributed by atoms with Crippen LogP contribution in [0.25, 0.3) is 0 Å². The van der Waals surface area contributed by atoms with Gasteiger partial charge in [0, 0.05) is 17.0 Å². The number of hydrogen-bond acceptors (Lipinski definition) is 2. The highest BCUT2D eigenvalue weighted by molar-refractivity contribution is 7.10. The topological polar surface area (TPSA) is 12.0 Å². The van der Waals surface area contributed by atoms with Gasteiger partial charge in [-0.15, -0.1) is 11.3 Å². The summed E-state index contributed by atoms with van der Waals surface area (Å²) in [6.45, 7) is 4.50. The van der Waals surface area contributed by atoms with E-state index in [2.05, 4.69) is 60.9 Å². The predicted molar refractivity (Wildman–Crippen MR) is 82.8 cm³/mol. The molecule has 1 aromatic heterocycles. The van der Waals surface area contributed by atoms with Crippen LogP contribution >= 0.6 is 11.3 Å². The molecule has 0 amide bonds. The molecule has 0 aliphatic heterocycles. The number of benzene rings is 1. The quantitative estimate of drug-likeness (QED) is 0.853. The van der Waals surface area contributed by atoms with Crippen molar-refractivity contribution < 1.29 is 0 Å². The largest absolute Gasteiger partial charge is 0.307 e. The first kappa shape index (κ1) is 12.9. The minimum Gasteiger partial charge on any atom is -0.307 e. The number of thiophene rings is 1. The van der Waals surface area contributed by atoms with E-state index in [0.29, 0.717) is 12.1 Å². The van der Waals surface area contributed by atoms with Crippen LogP contribution in [-0.4, -0.2) is 6.04 Å². The first-order valence-electron chi connectivity index (χ1n) is 7.09. The maximum atomic E-state index is 3.75. The molecule has 0 spiro atoms. The number of hydrogen-bond donors (Lipinski definition) is 1. The number of rotatable bonds is 4. The fraction of sp³-hybridized carbons (Fsp3) is 0.412. The zero-order chi connectivity index (χ0) is 13.2. The third kappa shape index (κ3) is 2.75. The highest BCUT2D eigenvalue weighted by atomic mass is 32.1. The van der Waals surface area contributed by atoms with Crippen molar-refractivity contribution in [2.45, 2.75) is 44.7 Å². The highest BCUT2D eigenvalue weighted by Crippen LogP contribution is 2.39. The van der Waals surface area contributed by atoms with E-state index >= 15 is 0 Å². The second kappa shape index (κ2) is 5.48. The van der Waals surface area contributed by atoms with Crippen LogP contribution in [0.5, 0.6) is 0 Å². The summed E-state index contributed by atoms with van der Waals surface area (Å²) < 4.78 is 0. The Hall–Kier alpha value is -1.12.